The highest BCUT2D eigenvalue weighted by Crippen LogP contribution is 2.19. The second-order valence-electron chi connectivity index (χ2n) is 3.70. The van der Waals surface area contributed by atoms with E-state index in [1.54, 1.807) is 5.56 Å². The lowest BCUT2D eigenvalue weighted by Crippen LogP contribution is -2.33. The first-order valence-electron chi connectivity index (χ1n) is 4.58. The Morgan fingerprint density at radius 1 is 1.42 bits per heavy atom. The van der Waals surface area contributed by atoms with Crippen molar-refractivity contribution in [3.8, 4) is 0 Å². The van der Waals surface area contributed by atoms with E-state index in [1.165, 1.54) is 17.5 Å². The first-order valence-corrected chi connectivity index (χ1v) is 4.58. The van der Waals surface area contributed by atoms with Crippen LogP contribution in [0.4, 0.5) is 0 Å². The van der Waals surface area contributed by atoms with Gasteiger partial charge in [-0.05, 0) is 37.0 Å². The number of hydrogen-bond donors (Lipinski definition) is 1. The number of benzene rings is 1. The van der Waals surface area contributed by atoms with Gasteiger partial charge in [0, 0.05) is 12.6 Å². The second kappa shape index (κ2) is 2.91. The molecule has 0 aliphatic carbocycles. The fraction of sp³-hybridized carbons (Fsp3) is 0.455. The van der Waals surface area contributed by atoms with E-state index >= 15 is 0 Å². The zero-order valence-corrected chi connectivity index (χ0v) is 7.72. The molecule has 1 aromatic rings. The number of nitrogens with one attached hydrogen (secondary N) is 1. The van der Waals surface area contributed by atoms with Crippen LogP contribution in [0.3, 0.4) is 0 Å². The molecule has 0 saturated carbocycles. The lowest BCUT2D eigenvalue weighted by atomic mass is 9.93. The molecular formula is C11H15N. The first kappa shape index (κ1) is 7.81. The summed E-state index contributed by atoms with van der Waals surface area (Å²) in [5, 5.41) is 3.47. The van der Waals surface area contributed by atoms with E-state index < -0.39 is 0 Å². The summed E-state index contributed by atoms with van der Waals surface area (Å²) in [7, 11) is 0. The SMILES string of the molecule is Cc1cccc2c1CC(C)NC2. The highest BCUT2D eigenvalue weighted by Gasteiger charge is 2.14. The molecule has 64 valence electrons. The van der Waals surface area contributed by atoms with Crippen molar-refractivity contribution < 1.29 is 0 Å². The van der Waals surface area contributed by atoms with Gasteiger partial charge in [0.05, 0.1) is 0 Å². The minimum Gasteiger partial charge on any atom is -0.310 e. The van der Waals surface area contributed by atoms with Gasteiger partial charge in [0.2, 0.25) is 0 Å². The van der Waals surface area contributed by atoms with Crippen molar-refractivity contribution in [2.75, 3.05) is 0 Å². The molecule has 1 aliphatic heterocycles. The van der Waals surface area contributed by atoms with Crippen molar-refractivity contribution in [3.05, 3.63) is 34.9 Å². The molecule has 0 amide bonds. The van der Waals surface area contributed by atoms with Gasteiger partial charge in [-0.2, -0.15) is 0 Å². The molecule has 0 aromatic heterocycles. The number of hydrogen-bond acceptors (Lipinski definition) is 1. The Morgan fingerprint density at radius 3 is 3.08 bits per heavy atom. The maximum atomic E-state index is 3.47. The smallest absolute Gasteiger partial charge is 0.0210 e. The van der Waals surface area contributed by atoms with Crippen LogP contribution in [0.1, 0.15) is 23.6 Å². The van der Waals surface area contributed by atoms with Gasteiger partial charge in [0.25, 0.3) is 0 Å². The van der Waals surface area contributed by atoms with Crippen molar-refractivity contribution in [3.63, 3.8) is 0 Å². The Kier molecular flexibility index (Phi) is 1.89. The number of rotatable bonds is 0. The molecule has 1 atom stereocenters. The average Bonchev–Trinajstić information content (AvgIpc) is 2.07. The fourth-order valence-electron chi connectivity index (χ4n) is 1.88. The lowest BCUT2D eigenvalue weighted by molar-refractivity contribution is 0.512. The number of fused-ring (bicyclic) bond motifs is 1. The van der Waals surface area contributed by atoms with Gasteiger partial charge in [-0.3, -0.25) is 0 Å². The van der Waals surface area contributed by atoms with E-state index in [-0.39, 0.29) is 0 Å². The maximum absolute atomic E-state index is 3.47. The molecule has 1 unspecified atom stereocenters. The molecule has 1 heterocycles. The standard InChI is InChI=1S/C11H15N/c1-8-4-3-5-10-7-12-9(2)6-11(8)10/h3-5,9,12H,6-7H2,1-2H3. The molecule has 1 heteroatoms. The predicted octanol–water partition coefficient (Wildman–Crippen LogP) is 2.03. The summed E-state index contributed by atoms with van der Waals surface area (Å²) in [4.78, 5) is 0. The molecule has 12 heavy (non-hydrogen) atoms. The van der Waals surface area contributed by atoms with Crippen LogP contribution < -0.4 is 5.32 Å². The second-order valence-corrected chi connectivity index (χ2v) is 3.70. The molecule has 1 nitrogen and oxygen atoms in total. The Labute approximate surface area is 73.8 Å². The van der Waals surface area contributed by atoms with E-state index in [2.05, 4.69) is 37.4 Å². The predicted molar refractivity (Wildman–Crippen MR) is 51.2 cm³/mol. The first-order chi connectivity index (χ1) is 5.77. The molecule has 0 radical (unpaired) electrons. The topological polar surface area (TPSA) is 12.0 Å². The number of aryl methyl sites for hydroxylation is 1. The van der Waals surface area contributed by atoms with Gasteiger partial charge in [-0.25, -0.2) is 0 Å². The Morgan fingerprint density at radius 2 is 2.25 bits per heavy atom. The van der Waals surface area contributed by atoms with Crippen molar-refractivity contribution in [1.82, 2.24) is 5.32 Å². The molecule has 0 spiro atoms. The van der Waals surface area contributed by atoms with Crippen molar-refractivity contribution in [2.45, 2.75) is 32.9 Å². The summed E-state index contributed by atoms with van der Waals surface area (Å²) >= 11 is 0. The lowest BCUT2D eigenvalue weighted by Gasteiger charge is -2.24. The highest BCUT2D eigenvalue weighted by molar-refractivity contribution is 5.36. The Hall–Kier alpha value is -0.820. The van der Waals surface area contributed by atoms with Crippen LogP contribution in [0.5, 0.6) is 0 Å². The van der Waals surface area contributed by atoms with E-state index in [4.69, 9.17) is 0 Å². The normalized spacial score (nSPS) is 22.0. The zero-order chi connectivity index (χ0) is 8.55. The van der Waals surface area contributed by atoms with Crippen molar-refractivity contribution in [2.24, 2.45) is 0 Å². The van der Waals surface area contributed by atoms with E-state index in [0.29, 0.717) is 6.04 Å². The van der Waals surface area contributed by atoms with Crippen LogP contribution in [0.2, 0.25) is 0 Å². The van der Waals surface area contributed by atoms with E-state index in [9.17, 15) is 0 Å². The maximum Gasteiger partial charge on any atom is 0.0210 e. The largest absolute Gasteiger partial charge is 0.310 e. The Bertz CT molecular complexity index is 291. The molecule has 0 bridgehead atoms. The van der Waals surface area contributed by atoms with Crippen LogP contribution in [-0.4, -0.2) is 6.04 Å². The van der Waals surface area contributed by atoms with Gasteiger partial charge in [-0.1, -0.05) is 18.2 Å². The highest BCUT2D eigenvalue weighted by atomic mass is 14.9. The van der Waals surface area contributed by atoms with Crippen LogP contribution in [-0.2, 0) is 13.0 Å². The fourth-order valence-corrected chi connectivity index (χ4v) is 1.88. The molecule has 1 aromatic carbocycles. The molecule has 2 rings (SSSR count). The van der Waals surface area contributed by atoms with Crippen LogP contribution in [0.15, 0.2) is 18.2 Å². The summed E-state index contributed by atoms with van der Waals surface area (Å²) in [5.41, 5.74) is 4.48. The van der Waals surface area contributed by atoms with Gasteiger partial charge in [0.1, 0.15) is 0 Å². The van der Waals surface area contributed by atoms with Crippen LogP contribution in [0.25, 0.3) is 0 Å². The van der Waals surface area contributed by atoms with Crippen LogP contribution in [0, 0.1) is 6.92 Å². The monoisotopic (exact) mass is 161 g/mol. The minimum absolute atomic E-state index is 0.638. The summed E-state index contributed by atoms with van der Waals surface area (Å²) in [6.45, 7) is 5.49. The molecule has 1 N–H and O–H groups in total. The summed E-state index contributed by atoms with van der Waals surface area (Å²) in [5.74, 6) is 0. The molecular weight excluding hydrogens is 146 g/mol. The molecule has 0 fully saturated rings. The van der Waals surface area contributed by atoms with Gasteiger partial charge < -0.3 is 5.32 Å². The summed E-state index contributed by atoms with van der Waals surface area (Å²) in [6.07, 6.45) is 1.18. The van der Waals surface area contributed by atoms with Gasteiger partial charge in [-0.15, -0.1) is 0 Å². The molecule has 1 aliphatic rings. The minimum atomic E-state index is 0.638. The van der Waals surface area contributed by atoms with Crippen molar-refractivity contribution in [1.29, 1.82) is 0 Å². The molecule has 0 saturated heterocycles. The third-order valence-electron chi connectivity index (χ3n) is 2.66. The van der Waals surface area contributed by atoms with Gasteiger partial charge >= 0.3 is 0 Å². The van der Waals surface area contributed by atoms with Crippen molar-refractivity contribution >= 4 is 0 Å². The van der Waals surface area contributed by atoms with E-state index in [0.717, 1.165) is 6.54 Å². The Balaban J connectivity index is 2.43. The summed E-state index contributed by atoms with van der Waals surface area (Å²) < 4.78 is 0. The quantitative estimate of drug-likeness (QED) is 0.614. The van der Waals surface area contributed by atoms with Crippen LogP contribution >= 0.6 is 0 Å². The third kappa shape index (κ3) is 1.25. The average molecular weight is 161 g/mol. The summed E-state index contributed by atoms with van der Waals surface area (Å²) in [6, 6.07) is 7.21. The van der Waals surface area contributed by atoms with E-state index in [1.807, 2.05) is 0 Å². The van der Waals surface area contributed by atoms with Gasteiger partial charge in [0.15, 0.2) is 0 Å². The third-order valence-corrected chi connectivity index (χ3v) is 2.66. The zero-order valence-electron chi connectivity index (χ0n) is 7.72.